The normalized spacial score (nSPS) is 31.0. The monoisotopic (exact) mass is 347 g/mol. The van der Waals surface area contributed by atoms with E-state index in [0.29, 0.717) is 11.3 Å². The van der Waals surface area contributed by atoms with Crippen LogP contribution in [0.5, 0.6) is 0 Å². The quantitative estimate of drug-likeness (QED) is 0.792. The molecule has 25 heavy (non-hydrogen) atoms. The average Bonchev–Trinajstić information content (AvgIpc) is 3.00. The van der Waals surface area contributed by atoms with E-state index in [1.54, 1.807) is 0 Å². The number of halogens is 1. The van der Waals surface area contributed by atoms with Gasteiger partial charge in [-0.2, -0.15) is 0 Å². The van der Waals surface area contributed by atoms with Crippen LogP contribution in [-0.2, 0) is 19.1 Å². The highest BCUT2D eigenvalue weighted by atomic mass is 19.1. The molecule has 0 amide bonds. The molecule has 0 spiro atoms. The van der Waals surface area contributed by atoms with Crippen LogP contribution in [0.3, 0.4) is 0 Å². The minimum atomic E-state index is -0.849. The fourth-order valence-corrected chi connectivity index (χ4v) is 4.14. The molecule has 0 bridgehead atoms. The van der Waals surface area contributed by atoms with Gasteiger partial charge >= 0.3 is 11.9 Å². The lowest BCUT2D eigenvalue weighted by molar-refractivity contribution is -0.138. The number of ether oxygens (including phenoxy) is 2. The summed E-state index contributed by atoms with van der Waals surface area (Å²) in [5.41, 5.74) is 0.684. The molecule has 134 valence electrons. The Bertz CT molecular complexity index is 734. The maximum atomic E-state index is 13.7. The first kappa shape index (κ1) is 17.5. The molecule has 3 atom stereocenters. The molecule has 3 rings (SSSR count). The topological polar surface area (TPSA) is 64.6 Å². The van der Waals surface area contributed by atoms with E-state index in [4.69, 9.17) is 9.47 Å². The van der Waals surface area contributed by atoms with E-state index in [-0.39, 0.29) is 23.8 Å². The summed E-state index contributed by atoms with van der Waals surface area (Å²) in [5, 5.41) is 2.88. The molecular formula is C19H22FNO4. The lowest BCUT2D eigenvalue weighted by atomic mass is 9.59. The van der Waals surface area contributed by atoms with Gasteiger partial charge in [0.1, 0.15) is 13.3 Å². The van der Waals surface area contributed by atoms with Gasteiger partial charge in [-0.05, 0) is 12.3 Å². The van der Waals surface area contributed by atoms with Crippen molar-refractivity contribution < 1.29 is 23.5 Å². The molecule has 0 aromatic rings. The first-order valence-corrected chi connectivity index (χ1v) is 8.38. The second kappa shape index (κ2) is 6.50. The van der Waals surface area contributed by atoms with Crippen molar-refractivity contribution in [2.45, 2.75) is 20.3 Å². The van der Waals surface area contributed by atoms with Gasteiger partial charge in [0.15, 0.2) is 0 Å². The summed E-state index contributed by atoms with van der Waals surface area (Å²) >= 11 is 0. The highest BCUT2D eigenvalue weighted by molar-refractivity contribution is 5.99. The zero-order valence-corrected chi connectivity index (χ0v) is 14.6. The Morgan fingerprint density at radius 1 is 1.48 bits per heavy atom. The van der Waals surface area contributed by atoms with Gasteiger partial charge in [-0.15, -0.1) is 0 Å². The van der Waals surface area contributed by atoms with E-state index in [1.165, 1.54) is 7.11 Å². The van der Waals surface area contributed by atoms with Crippen molar-refractivity contribution in [1.82, 2.24) is 5.32 Å². The molecule has 6 heteroatoms. The van der Waals surface area contributed by atoms with E-state index in [2.05, 4.69) is 11.4 Å². The minimum absolute atomic E-state index is 0.0645. The third-order valence-electron chi connectivity index (χ3n) is 5.41. The second-order valence-corrected chi connectivity index (χ2v) is 6.67. The van der Waals surface area contributed by atoms with Crippen LogP contribution in [0.15, 0.2) is 46.8 Å². The third kappa shape index (κ3) is 2.60. The van der Waals surface area contributed by atoms with Gasteiger partial charge in [0.2, 0.25) is 0 Å². The molecule has 3 aliphatic rings. The van der Waals surface area contributed by atoms with Crippen molar-refractivity contribution in [2.24, 2.45) is 17.3 Å². The van der Waals surface area contributed by atoms with Gasteiger partial charge in [-0.1, -0.05) is 38.2 Å². The minimum Gasteiger partial charge on any atom is -0.466 e. The number of methoxy groups -OCH3 is 1. The van der Waals surface area contributed by atoms with Crippen molar-refractivity contribution in [1.29, 1.82) is 0 Å². The summed E-state index contributed by atoms with van der Waals surface area (Å²) in [6, 6.07) is 0. The molecule has 0 aromatic carbocycles. The van der Waals surface area contributed by atoms with Gasteiger partial charge < -0.3 is 14.8 Å². The highest BCUT2D eigenvalue weighted by Gasteiger charge is 2.51. The van der Waals surface area contributed by atoms with Gasteiger partial charge in [0.05, 0.1) is 29.7 Å². The second-order valence-electron chi connectivity index (χ2n) is 6.67. The van der Waals surface area contributed by atoms with Crippen molar-refractivity contribution in [2.75, 3.05) is 20.4 Å². The number of rotatable bonds is 4. The number of cyclic esters (lactones) is 1. The summed E-state index contributed by atoms with van der Waals surface area (Å²) in [4.78, 5) is 24.9. The lowest BCUT2D eigenvalue weighted by Gasteiger charge is -2.44. The van der Waals surface area contributed by atoms with Gasteiger partial charge in [-0.25, -0.2) is 14.0 Å². The molecule has 0 aromatic heterocycles. The van der Waals surface area contributed by atoms with E-state index in [9.17, 15) is 14.0 Å². The summed E-state index contributed by atoms with van der Waals surface area (Å²) in [6.45, 7) is 3.26. The fourth-order valence-electron chi connectivity index (χ4n) is 4.14. The number of hydrogen-bond donors (Lipinski definition) is 1. The maximum Gasteiger partial charge on any atom is 0.336 e. The van der Waals surface area contributed by atoms with Crippen molar-refractivity contribution in [3.63, 3.8) is 0 Å². The maximum absolute atomic E-state index is 13.7. The van der Waals surface area contributed by atoms with Crippen LogP contribution in [-0.4, -0.2) is 32.3 Å². The SMILES string of the molecule is CCC1C=CC=CC1(C)[C@@H]1C(C(=O)OC)=C(CF)NC2=C1C(=O)OC2. The molecule has 0 saturated carbocycles. The van der Waals surface area contributed by atoms with Gasteiger partial charge in [0.25, 0.3) is 0 Å². The molecule has 0 fully saturated rings. The first-order chi connectivity index (χ1) is 12.0. The molecule has 2 heterocycles. The molecule has 5 nitrogen and oxygen atoms in total. The standard InChI is InChI=1S/C19H22FNO4/c1-4-11-7-5-6-8-19(11,2)16-14(17(22)24-3)12(9-20)21-13-10-25-18(23)15(13)16/h5-8,11,16,21H,4,9-10H2,1-3H3/t11?,16-,19?/m1/s1. The van der Waals surface area contributed by atoms with Crippen LogP contribution < -0.4 is 5.32 Å². The number of hydrogen-bond acceptors (Lipinski definition) is 5. The lowest BCUT2D eigenvalue weighted by Crippen LogP contribution is -2.43. The summed E-state index contributed by atoms with van der Waals surface area (Å²) in [7, 11) is 1.26. The molecular weight excluding hydrogens is 325 g/mol. The molecule has 2 unspecified atom stereocenters. The number of dihydropyridines is 1. The molecule has 2 aliphatic heterocycles. The Morgan fingerprint density at radius 3 is 2.88 bits per heavy atom. The zero-order valence-electron chi connectivity index (χ0n) is 14.6. The summed E-state index contributed by atoms with van der Waals surface area (Å²) in [5.74, 6) is -1.63. The van der Waals surface area contributed by atoms with Crippen molar-refractivity contribution in [3.05, 3.63) is 46.8 Å². The van der Waals surface area contributed by atoms with E-state index >= 15 is 0 Å². The van der Waals surface area contributed by atoms with Crippen LogP contribution in [0, 0.1) is 17.3 Å². The summed E-state index contributed by atoms with van der Waals surface area (Å²) in [6.07, 6.45) is 8.73. The van der Waals surface area contributed by atoms with Crippen LogP contribution in [0.2, 0.25) is 0 Å². The average molecular weight is 347 g/mol. The highest BCUT2D eigenvalue weighted by Crippen LogP contribution is 2.51. The van der Waals surface area contributed by atoms with Crippen molar-refractivity contribution >= 4 is 11.9 Å². The first-order valence-electron chi connectivity index (χ1n) is 8.38. The molecule has 0 radical (unpaired) electrons. The third-order valence-corrected chi connectivity index (χ3v) is 5.41. The van der Waals surface area contributed by atoms with Gasteiger partial charge in [0, 0.05) is 11.3 Å². The van der Waals surface area contributed by atoms with Crippen LogP contribution in [0.25, 0.3) is 0 Å². The number of carbonyl (C=O) groups is 2. The Kier molecular flexibility index (Phi) is 4.54. The Hall–Kier alpha value is -2.37. The van der Waals surface area contributed by atoms with Crippen LogP contribution in [0.1, 0.15) is 20.3 Å². The largest absolute Gasteiger partial charge is 0.466 e. The van der Waals surface area contributed by atoms with E-state index < -0.39 is 29.9 Å². The number of esters is 2. The summed E-state index contributed by atoms with van der Waals surface area (Å²) < 4.78 is 23.8. The van der Waals surface area contributed by atoms with Crippen LogP contribution in [0.4, 0.5) is 4.39 Å². The fraction of sp³-hybridized carbons (Fsp3) is 0.474. The number of alkyl halides is 1. The Morgan fingerprint density at radius 2 is 2.24 bits per heavy atom. The van der Waals surface area contributed by atoms with E-state index in [1.807, 2.05) is 32.1 Å². The molecule has 0 saturated heterocycles. The predicted molar refractivity (Wildman–Crippen MR) is 89.8 cm³/mol. The Balaban J connectivity index is 2.22. The predicted octanol–water partition coefficient (Wildman–Crippen LogP) is 2.57. The molecule has 1 N–H and O–H groups in total. The molecule has 1 aliphatic carbocycles. The van der Waals surface area contributed by atoms with E-state index in [0.717, 1.165) is 6.42 Å². The van der Waals surface area contributed by atoms with Crippen LogP contribution >= 0.6 is 0 Å². The van der Waals surface area contributed by atoms with Gasteiger partial charge in [-0.3, -0.25) is 0 Å². The zero-order chi connectivity index (χ0) is 18.2. The Labute approximate surface area is 146 Å². The number of allylic oxidation sites excluding steroid dienone is 5. The smallest absolute Gasteiger partial charge is 0.336 e. The number of carbonyl (C=O) groups excluding carboxylic acids is 2. The van der Waals surface area contributed by atoms with Crippen molar-refractivity contribution in [3.8, 4) is 0 Å². The number of nitrogens with one attached hydrogen (secondary N) is 1.